The van der Waals surface area contributed by atoms with Crippen LogP contribution in [-0.4, -0.2) is 0 Å². The van der Waals surface area contributed by atoms with E-state index in [1.807, 2.05) is 6.07 Å². The van der Waals surface area contributed by atoms with Gasteiger partial charge in [0, 0.05) is 17.1 Å². The van der Waals surface area contributed by atoms with Crippen LogP contribution in [0.25, 0.3) is 0 Å². The third-order valence-electron chi connectivity index (χ3n) is 2.43. The topological polar surface area (TPSA) is 35.2 Å². The van der Waals surface area contributed by atoms with Gasteiger partial charge in [-0.05, 0) is 39.7 Å². The highest BCUT2D eigenvalue weighted by molar-refractivity contribution is 9.10. The first-order chi connectivity index (χ1) is 9.01. The summed E-state index contributed by atoms with van der Waals surface area (Å²) in [5.41, 5.74) is 6.47. The summed E-state index contributed by atoms with van der Waals surface area (Å²) in [6, 6.07) is 8.64. The highest BCUT2D eigenvalue weighted by atomic mass is 79.9. The second-order valence-electron chi connectivity index (χ2n) is 3.77. The Bertz CT molecular complexity index is 619. The molecule has 0 bridgehead atoms. The van der Waals surface area contributed by atoms with E-state index in [2.05, 4.69) is 15.9 Å². The maximum absolute atomic E-state index is 6.12. The third kappa shape index (κ3) is 3.56. The van der Waals surface area contributed by atoms with Crippen LogP contribution in [0.15, 0.2) is 34.8 Å². The van der Waals surface area contributed by atoms with Crippen LogP contribution in [0, 0.1) is 0 Å². The first-order valence-corrected chi connectivity index (χ1v) is 7.25. The number of ether oxygens (including phenoxy) is 1. The average Bonchev–Trinajstić information content (AvgIpc) is 2.38. The Balaban J connectivity index is 2.33. The minimum Gasteiger partial charge on any atom is -0.454 e. The molecule has 0 saturated carbocycles. The summed E-state index contributed by atoms with van der Waals surface area (Å²) in [7, 11) is 0. The molecule has 0 spiro atoms. The standard InChI is InChI=1S/C13H9BrCl3NO/c14-8-4-11(17)13(5-9(8)15)19-12-2-1-7(6-18)3-10(12)16/h1-5H,6,18H2. The number of benzene rings is 2. The van der Waals surface area contributed by atoms with Crippen LogP contribution in [0.1, 0.15) is 5.56 Å². The Morgan fingerprint density at radius 2 is 1.63 bits per heavy atom. The van der Waals surface area contributed by atoms with E-state index >= 15 is 0 Å². The van der Waals surface area contributed by atoms with Gasteiger partial charge in [0.05, 0.1) is 15.1 Å². The number of rotatable bonds is 3. The molecule has 2 rings (SSSR count). The van der Waals surface area contributed by atoms with Gasteiger partial charge >= 0.3 is 0 Å². The molecule has 0 amide bonds. The van der Waals surface area contributed by atoms with Crippen LogP contribution < -0.4 is 10.5 Å². The molecule has 0 aromatic heterocycles. The van der Waals surface area contributed by atoms with E-state index in [-0.39, 0.29) is 0 Å². The number of nitrogens with two attached hydrogens (primary N) is 1. The summed E-state index contributed by atoms with van der Waals surface area (Å²) in [6.07, 6.45) is 0. The Kier molecular flexibility index (Phi) is 4.98. The van der Waals surface area contributed by atoms with Crippen molar-refractivity contribution in [3.8, 4) is 11.5 Å². The van der Waals surface area contributed by atoms with E-state index in [0.29, 0.717) is 37.6 Å². The van der Waals surface area contributed by atoms with Gasteiger partial charge in [0.25, 0.3) is 0 Å². The first kappa shape index (κ1) is 14.9. The molecule has 100 valence electrons. The van der Waals surface area contributed by atoms with Gasteiger partial charge in [-0.3, -0.25) is 0 Å². The summed E-state index contributed by atoms with van der Waals surface area (Å²) in [6.45, 7) is 0.421. The monoisotopic (exact) mass is 379 g/mol. The maximum atomic E-state index is 6.12. The number of hydrogen-bond donors (Lipinski definition) is 1. The van der Waals surface area contributed by atoms with Crippen molar-refractivity contribution in [3.05, 3.63) is 55.4 Å². The van der Waals surface area contributed by atoms with Crippen molar-refractivity contribution in [2.75, 3.05) is 0 Å². The second kappa shape index (κ2) is 6.33. The van der Waals surface area contributed by atoms with E-state index in [0.717, 1.165) is 5.56 Å². The van der Waals surface area contributed by atoms with Crippen molar-refractivity contribution in [3.63, 3.8) is 0 Å². The summed E-state index contributed by atoms with van der Waals surface area (Å²) in [4.78, 5) is 0. The van der Waals surface area contributed by atoms with Crippen molar-refractivity contribution in [1.82, 2.24) is 0 Å². The summed E-state index contributed by atoms with van der Waals surface area (Å²) < 4.78 is 6.37. The lowest BCUT2D eigenvalue weighted by atomic mass is 10.2. The Morgan fingerprint density at radius 1 is 0.947 bits per heavy atom. The molecule has 0 aliphatic rings. The summed E-state index contributed by atoms with van der Waals surface area (Å²) in [5.74, 6) is 0.941. The van der Waals surface area contributed by atoms with Crippen LogP contribution >= 0.6 is 50.7 Å². The molecule has 2 aromatic rings. The summed E-state index contributed by atoms with van der Waals surface area (Å²) >= 11 is 21.5. The predicted octanol–water partition coefficient (Wildman–Crippen LogP) is 5.66. The normalized spacial score (nSPS) is 10.6. The Hall–Kier alpha value is -0.450. The molecule has 0 atom stereocenters. The first-order valence-electron chi connectivity index (χ1n) is 5.32. The Morgan fingerprint density at radius 3 is 2.26 bits per heavy atom. The average molecular weight is 381 g/mol. The molecule has 0 unspecified atom stereocenters. The highest BCUT2D eigenvalue weighted by Crippen LogP contribution is 2.38. The summed E-state index contributed by atoms with van der Waals surface area (Å²) in [5, 5.41) is 1.42. The van der Waals surface area contributed by atoms with E-state index in [9.17, 15) is 0 Å². The second-order valence-corrected chi connectivity index (χ2v) is 5.84. The molecule has 0 radical (unpaired) electrons. The fourth-order valence-corrected chi connectivity index (χ4v) is 2.53. The molecular formula is C13H9BrCl3NO. The van der Waals surface area contributed by atoms with E-state index in [1.165, 1.54) is 0 Å². The van der Waals surface area contributed by atoms with Gasteiger partial charge in [-0.15, -0.1) is 0 Å². The fraction of sp³-hybridized carbons (Fsp3) is 0.0769. The molecule has 2 aromatic carbocycles. The molecule has 0 aliphatic heterocycles. The van der Waals surface area contributed by atoms with Crippen molar-refractivity contribution in [2.45, 2.75) is 6.54 Å². The molecule has 0 fully saturated rings. The van der Waals surface area contributed by atoms with Crippen molar-refractivity contribution < 1.29 is 4.74 Å². The van der Waals surface area contributed by atoms with Gasteiger partial charge in [-0.1, -0.05) is 40.9 Å². The fourth-order valence-electron chi connectivity index (χ4n) is 1.46. The van der Waals surface area contributed by atoms with Gasteiger partial charge in [-0.25, -0.2) is 0 Å². The lowest BCUT2D eigenvalue weighted by Crippen LogP contribution is -1.96. The highest BCUT2D eigenvalue weighted by Gasteiger charge is 2.10. The molecule has 0 aliphatic carbocycles. The van der Waals surface area contributed by atoms with Gasteiger partial charge in [-0.2, -0.15) is 0 Å². The lowest BCUT2D eigenvalue weighted by Gasteiger charge is -2.11. The van der Waals surface area contributed by atoms with Gasteiger partial charge in [0.2, 0.25) is 0 Å². The van der Waals surface area contributed by atoms with Gasteiger partial charge in [0.15, 0.2) is 0 Å². The zero-order chi connectivity index (χ0) is 14.0. The van der Waals surface area contributed by atoms with Crippen LogP contribution in [0.4, 0.5) is 0 Å². The molecule has 19 heavy (non-hydrogen) atoms. The zero-order valence-corrected chi connectivity index (χ0v) is 13.4. The van der Waals surface area contributed by atoms with Gasteiger partial charge in [0.1, 0.15) is 11.5 Å². The van der Waals surface area contributed by atoms with E-state index in [4.69, 9.17) is 45.3 Å². The van der Waals surface area contributed by atoms with Crippen molar-refractivity contribution in [1.29, 1.82) is 0 Å². The number of halogens is 4. The van der Waals surface area contributed by atoms with Crippen LogP contribution in [-0.2, 0) is 6.54 Å². The van der Waals surface area contributed by atoms with Crippen molar-refractivity contribution in [2.24, 2.45) is 5.73 Å². The minimum atomic E-state index is 0.421. The van der Waals surface area contributed by atoms with Crippen molar-refractivity contribution >= 4 is 50.7 Å². The quantitative estimate of drug-likeness (QED) is 0.696. The molecule has 0 heterocycles. The predicted molar refractivity (Wildman–Crippen MR) is 83.6 cm³/mol. The minimum absolute atomic E-state index is 0.421. The Labute approximate surface area is 134 Å². The number of hydrogen-bond acceptors (Lipinski definition) is 2. The largest absolute Gasteiger partial charge is 0.454 e. The molecule has 6 heteroatoms. The molecule has 0 saturated heterocycles. The molecule has 2 N–H and O–H groups in total. The maximum Gasteiger partial charge on any atom is 0.147 e. The van der Waals surface area contributed by atoms with Crippen LogP contribution in [0.5, 0.6) is 11.5 Å². The molecule has 2 nitrogen and oxygen atoms in total. The van der Waals surface area contributed by atoms with E-state index < -0.39 is 0 Å². The SMILES string of the molecule is NCc1ccc(Oc2cc(Cl)c(Br)cc2Cl)c(Cl)c1. The van der Waals surface area contributed by atoms with E-state index in [1.54, 1.807) is 24.3 Å². The smallest absolute Gasteiger partial charge is 0.147 e. The van der Waals surface area contributed by atoms with Crippen LogP contribution in [0.3, 0.4) is 0 Å². The van der Waals surface area contributed by atoms with Gasteiger partial charge < -0.3 is 10.5 Å². The third-order valence-corrected chi connectivity index (χ3v) is 4.21. The van der Waals surface area contributed by atoms with Crippen LogP contribution in [0.2, 0.25) is 15.1 Å². The zero-order valence-electron chi connectivity index (χ0n) is 9.59. The lowest BCUT2D eigenvalue weighted by molar-refractivity contribution is 0.483. The molecular weight excluding hydrogens is 372 g/mol.